The van der Waals surface area contributed by atoms with Gasteiger partial charge in [0.1, 0.15) is 5.01 Å². The van der Waals surface area contributed by atoms with Crippen molar-refractivity contribution < 1.29 is 0 Å². The van der Waals surface area contributed by atoms with Crippen molar-refractivity contribution in [1.82, 2.24) is 10.3 Å². The summed E-state index contributed by atoms with van der Waals surface area (Å²) in [6.07, 6.45) is 7.38. The van der Waals surface area contributed by atoms with Crippen LogP contribution in [-0.2, 0) is 13.0 Å². The molecule has 0 radical (unpaired) electrons. The molecule has 1 aromatic heterocycles. The molecule has 0 spiro atoms. The summed E-state index contributed by atoms with van der Waals surface area (Å²) < 4.78 is 0. The molecule has 3 atom stereocenters. The van der Waals surface area contributed by atoms with Crippen molar-refractivity contribution in [1.29, 1.82) is 0 Å². The van der Waals surface area contributed by atoms with E-state index in [9.17, 15) is 0 Å². The van der Waals surface area contributed by atoms with E-state index >= 15 is 0 Å². The zero-order valence-electron chi connectivity index (χ0n) is 12.6. The number of thiazole rings is 1. The third-order valence-electron chi connectivity index (χ3n) is 5.68. The zero-order valence-corrected chi connectivity index (χ0v) is 13.4. The molecule has 3 heteroatoms. The normalized spacial score (nSPS) is 36.0. The lowest BCUT2D eigenvalue weighted by molar-refractivity contribution is 0.108. The lowest BCUT2D eigenvalue weighted by Gasteiger charge is -2.43. The molecule has 2 fully saturated rings. The summed E-state index contributed by atoms with van der Waals surface area (Å²) in [5.41, 5.74) is 0.955. The Labute approximate surface area is 121 Å². The quantitative estimate of drug-likeness (QED) is 0.900. The first kappa shape index (κ1) is 13.6. The van der Waals surface area contributed by atoms with Crippen LogP contribution in [0.4, 0.5) is 0 Å². The number of nitrogens with one attached hydrogen (secondary N) is 1. The first-order valence-electron chi connectivity index (χ1n) is 7.62. The van der Waals surface area contributed by atoms with Gasteiger partial charge in [0.15, 0.2) is 0 Å². The number of fused-ring (bicyclic) bond motifs is 2. The van der Waals surface area contributed by atoms with Crippen LogP contribution in [0.25, 0.3) is 0 Å². The highest BCUT2D eigenvalue weighted by molar-refractivity contribution is 7.11. The summed E-state index contributed by atoms with van der Waals surface area (Å²) in [5, 5.41) is 5.09. The van der Waals surface area contributed by atoms with Crippen LogP contribution in [0.1, 0.15) is 56.8 Å². The van der Waals surface area contributed by atoms with Crippen molar-refractivity contribution in [2.45, 2.75) is 66.0 Å². The maximum atomic E-state index is 4.54. The lowest BCUT2D eigenvalue weighted by atomic mass is 9.68. The molecule has 0 amide bonds. The molecule has 0 aliphatic heterocycles. The average molecular weight is 278 g/mol. The highest BCUT2D eigenvalue weighted by atomic mass is 32.1. The highest BCUT2D eigenvalue weighted by Crippen LogP contribution is 2.62. The average Bonchev–Trinajstić information content (AvgIpc) is 2.99. The molecule has 1 N–H and O–H groups in total. The Morgan fingerprint density at radius 2 is 2.21 bits per heavy atom. The Hall–Kier alpha value is -0.410. The number of nitrogens with zero attached hydrogens (tertiary/aromatic N) is 1. The van der Waals surface area contributed by atoms with Crippen LogP contribution in [0.15, 0.2) is 6.20 Å². The third kappa shape index (κ3) is 2.15. The van der Waals surface area contributed by atoms with E-state index in [1.807, 2.05) is 17.5 Å². The van der Waals surface area contributed by atoms with Crippen molar-refractivity contribution in [3.63, 3.8) is 0 Å². The smallest absolute Gasteiger partial charge is 0.107 e. The van der Waals surface area contributed by atoms with E-state index in [4.69, 9.17) is 0 Å². The molecule has 2 saturated carbocycles. The number of rotatable bonds is 4. The maximum absolute atomic E-state index is 4.54. The zero-order chi connectivity index (χ0) is 13.7. The molecule has 2 bridgehead atoms. The van der Waals surface area contributed by atoms with Crippen molar-refractivity contribution in [2.75, 3.05) is 0 Å². The minimum atomic E-state index is 0.442. The summed E-state index contributed by atoms with van der Waals surface area (Å²) >= 11 is 1.86. The van der Waals surface area contributed by atoms with Gasteiger partial charge in [-0.05, 0) is 42.4 Å². The standard InChI is InChI=1S/C16H26N2S/c1-5-12-9-17-13(19-12)10-18-14-15(2,3)11-6-7-16(14,4)8-11/h9,11,14,18H,5-8,10H2,1-4H3/t11-,14?,16+/m0/s1. The highest BCUT2D eigenvalue weighted by Gasteiger charge is 2.58. The minimum absolute atomic E-state index is 0.442. The molecule has 0 aromatic carbocycles. The van der Waals surface area contributed by atoms with Crippen LogP contribution >= 0.6 is 11.3 Å². The van der Waals surface area contributed by atoms with Gasteiger partial charge in [-0.3, -0.25) is 0 Å². The van der Waals surface area contributed by atoms with E-state index in [0.717, 1.165) is 18.9 Å². The van der Waals surface area contributed by atoms with Gasteiger partial charge in [0.2, 0.25) is 0 Å². The fraction of sp³-hybridized carbons (Fsp3) is 0.812. The van der Waals surface area contributed by atoms with Gasteiger partial charge >= 0.3 is 0 Å². The fourth-order valence-corrected chi connectivity index (χ4v) is 5.41. The van der Waals surface area contributed by atoms with Gasteiger partial charge in [0, 0.05) is 23.7 Å². The van der Waals surface area contributed by atoms with Crippen molar-refractivity contribution in [2.24, 2.45) is 16.7 Å². The van der Waals surface area contributed by atoms with E-state index < -0.39 is 0 Å². The summed E-state index contributed by atoms with van der Waals surface area (Å²) in [6, 6.07) is 0.646. The van der Waals surface area contributed by atoms with Gasteiger partial charge in [-0.2, -0.15) is 0 Å². The number of aromatic nitrogens is 1. The van der Waals surface area contributed by atoms with Crippen molar-refractivity contribution >= 4 is 11.3 Å². The van der Waals surface area contributed by atoms with E-state index in [1.165, 1.54) is 29.1 Å². The fourth-order valence-electron chi connectivity index (χ4n) is 4.59. The molecule has 3 rings (SSSR count). The molecule has 19 heavy (non-hydrogen) atoms. The molecule has 1 unspecified atom stereocenters. The molecule has 2 nitrogen and oxygen atoms in total. The SMILES string of the molecule is CCc1cnc(CNC2C(C)(C)[C@H]3CC[C@]2(C)C3)s1. The summed E-state index contributed by atoms with van der Waals surface area (Å²) in [7, 11) is 0. The van der Waals surface area contributed by atoms with Crippen LogP contribution in [0.3, 0.4) is 0 Å². The molecule has 0 saturated heterocycles. The Kier molecular flexibility index (Phi) is 3.25. The summed E-state index contributed by atoms with van der Waals surface area (Å²) in [6.45, 7) is 10.5. The van der Waals surface area contributed by atoms with Crippen LogP contribution in [0.5, 0.6) is 0 Å². The van der Waals surface area contributed by atoms with Gasteiger partial charge in [-0.15, -0.1) is 11.3 Å². The minimum Gasteiger partial charge on any atom is -0.307 e. The molecular formula is C16H26N2S. The van der Waals surface area contributed by atoms with Crippen molar-refractivity contribution in [3.8, 4) is 0 Å². The van der Waals surface area contributed by atoms with Crippen LogP contribution in [0, 0.1) is 16.7 Å². The third-order valence-corrected chi connectivity index (χ3v) is 6.82. The molecular weight excluding hydrogens is 252 g/mol. The molecule has 2 aliphatic carbocycles. The van der Waals surface area contributed by atoms with Gasteiger partial charge in [0.25, 0.3) is 0 Å². The van der Waals surface area contributed by atoms with Crippen LogP contribution in [0.2, 0.25) is 0 Å². The first-order valence-corrected chi connectivity index (χ1v) is 8.44. The number of aryl methyl sites for hydroxylation is 1. The number of hydrogen-bond acceptors (Lipinski definition) is 3. The second kappa shape index (κ2) is 4.56. The Balaban J connectivity index is 1.69. The van der Waals surface area contributed by atoms with Crippen LogP contribution < -0.4 is 5.32 Å². The van der Waals surface area contributed by atoms with E-state index in [1.54, 1.807) is 0 Å². The largest absolute Gasteiger partial charge is 0.307 e. The predicted octanol–water partition coefficient (Wildman–Crippen LogP) is 4.01. The van der Waals surface area contributed by atoms with Gasteiger partial charge < -0.3 is 5.32 Å². The van der Waals surface area contributed by atoms with E-state index in [-0.39, 0.29) is 0 Å². The molecule has 2 aliphatic rings. The molecule has 106 valence electrons. The Morgan fingerprint density at radius 1 is 1.42 bits per heavy atom. The van der Waals surface area contributed by atoms with E-state index in [0.29, 0.717) is 16.9 Å². The Bertz CT molecular complexity index is 460. The van der Waals surface area contributed by atoms with Gasteiger partial charge in [-0.1, -0.05) is 27.7 Å². The second-order valence-corrected chi connectivity index (χ2v) is 8.50. The van der Waals surface area contributed by atoms with Gasteiger partial charge in [0.05, 0.1) is 0 Å². The van der Waals surface area contributed by atoms with Crippen molar-refractivity contribution in [3.05, 3.63) is 16.1 Å². The van der Waals surface area contributed by atoms with Gasteiger partial charge in [-0.25, -0.2) is 4.98 Å². The topological polar surface area (TPSA) is 24.9 Å². The maximum Gasteiger partial charge on any atom is 0.107 e. The van der Waals surface area contributed by atoms with Crippen LogP contribution in [-0.4, -0.2) is 11.0 Å². The lowest BCUT2D eigenvalue weighted by Crippen LogP contribution is -2.49. The second-order valence-electron chi connectivity index (χ2n) is 7.30. The van der Waals surface area contributed by atoms with E-state index in [2.05, 4.69) is 38.0 Å². The first-order chi connectivity index (χ1) is 8.95. The monoisotopic (exact) mass is 278 g/mol. The predicted molar refractivity (Wildman–Crippen MR) is 81.3 cm³/mol. The molecule has 1 aromatic rings. The summed E-state index contributed by atoms with van der Waals surface area (Å²) in [4.78, 5) is 5.93. The Morgan fingerprint density at radius 3 is 2.79 bits per heavy atom. The summed E-state index contributed by atoms with van der Waals surface area (Å²) in [5.74, 6) is 0.914. The number of hydrogen-bond donors (Lipinski definition) is 1. The molecule has 1 heterocycles.